The second-order valence-electron chi connectivity index (χ2n) is 3.29. The van der Waals surface area contributed by atoms with Crippen LogP contribution in [-0.2, 0) is 16.0 Å². The summed E-state index contributed by atoms with van der Waals surface area (Å²) >= 11 is 3.28. The van der Waals surface area contributed by atoms with E-state index in [0.29, 0.717) is 34.2 Å². The fourth-order valence-corrected chi connectivity index (χ4v) is 1.92. The molecule has 0 spiro atoms. The number of carbonyl (C=O) groups is 2. The van der Waals surface area contributed by atoms with Crippen molar-refractivity contribution in [1.82, 2.24) is 0 Å². The van der Waals surface area contributed by atoms with Crippen molar-refractivity contribution in [3.05, 3.63) is 27.7 Å². The van der Waals surface area contributed by atoms with Crippen molar-refractivity contribution in [2.45, 2.75) is 13.3 Å². The van der Waals surface area contributed by atoms with E-state index in [2.05, 4.69) is 15.9 Å². The van der Waals surface area contributed by atoms with Crippen LogP contribution in [0.4, 0.5) is 0 Å². The highest BCUT2D eigenvalue weighted by atomic mass is 79.9. The Morgan fingerprint density at radius 3 is 2.71 bits per heavy atom. The SMILES string of the molecule is CCOC(=O)Cc1cc(OC)c(Br)cc1C=O. The van der Waals surface area contributed by atoms with Crippen molar-refractivity contribution >= 4 is 28.2 Å². The highest BCUT2D eigenvalue weighted by molar-refractivity contribution is 9.10. The van der Waals surface area contributed by atoms with Gasteiger partial charge in [0.25, 0.3) is 0 Å². The number of methoxy groups -OCH3 is 1. The van der Waals surface area contributed by atoms with Crippen LogP contribution in [0.2, 0.25) is 0 Å². The highest BCUT2D eigenvalue weighted by Crippen LogP contribution is 2.28. The zero-order valence-corrected chi connectivity index (χ0v) is 11.2. The predicted octanol–water partition coefficient (Wildman–Crippen LogP) is 2.38. The predicted molar refractivity (Wildman–Crippen MR) is 66.4 cm³/mol. The van der Waals surface area contributed by atoms with Crippen LogP contribution in [-0.4, -0.2) is 26.0 Å². The Morgan fingerprint density at radius 2 is 2.18 bits per heavy atom. The molecular formula is C12H13BrO4. The lowest BCUT2D eigenvalue weighted by molar-refractivity contribution is -0.142. The zero-order valence-electron chi connectivity index (χ0n) is 9.66. The van der Waals surface area contributed by atoms with Crippen molar-refractivity contribution in [3.8, 4) is 5.75 Å². The van der Waals surface area contributed by atoms with Gasteiger partial charge in [-0.1, -0.05) is 0 Å². The van der Waals surface area contributed by atoms with Gasteiger partial charge in [-0.05, 0) is 40.5 Å². The van der Waals surface area contributed by atoms with Crippen LogP contribution in [0.1, 0.15) is 22.8 Å². The molecule has 0 atom stereocenters. The number of hydrogen-bond acceptors (Lipinski definition) is 4. The molecule has 0 N–H and O–H groups in total. The quantitative estimate of drug-likeness (QED) is 0.619. The number of halogens is 1. The minimum atomic E-state index is -0.361. The van der Waals surface area contributed by atoms with E-state index >= 15 is 0 Å². The van der Waals surface area contributed by atoms with Gasteiger partial charge in [-0.25, -0.2) is 0 Å². The molecule has 0 saturated carbocycles. The van der Waals surface area contributed by atoms with E-state index in [1.165, 1.54) is 7.11 Å². The molecule has 0 amide bonds. The molecule has 0 unspecified atom stereocenters. The fourth-order valence-electron chi connectivity index (χ4n) is 1.40. The first-order valence-electron chi connectivity index (χ1n) is 5.09. The normalized spacial score (nSPS) is 9.82. The summed E-state index contributed by atoms with van der Waals surface area (Å²) in [5.41, 5.74) is 1.05. The van der Waals surface area contributed by atoms with E-state index in [-0.39, 0.29) is 12.4 Å². The smallest absolute Gasteiger partial charge is 0.310 e. The van der Waals surface area contributed by atoms with Gasteiger partial charge in [0.1, 0.15) is 12.0 Å². The number of carbonyl (C=O) groups excluding carboxylic acids is 2. The Balaban J connectivity index is 3.04. The van der Waals surface area contributed by atoms with Gasteiger partial charge in [0.05, 0.1) is 24.6 Å². The summed E-state index contributed by atoms with van der Waals surface area (Å²) in [5.74, 6) is 0.217. The Morgan fingerprint density at radius 1 is 1.47 bits per heavy atom. The number of rotatable bonds is 5. The molecule has 5 heteroatoms. The largest absolute Gasteiger partial charge is 0.496 e. The van der Waals surface area contributed by atoms with Crippen LogP contribution >= 0.6 is 15.9 Å². The number of hydrogen-bond donors (Lipinski definition) is 0. The van der Waals surface area contributed by atoms with Crippen molar-refractivity contribution in [2.24, 2.45) is 0 Å². The van der Waals surface area contributed by atoms with Crippen LogP contribution in [0.15, 0.2) is 16.6 Å². The summed E-state index contributed by atoms with van der Waals surface area (Å²) in [6.07, 6.45) is 0.768. The van der Waals surface area contributed by atoms with Gasteiger partial charge in [0.15, 0.2) is 0 Å². The monoisotopic (exact) mass is 300 g/mol. The van der Waals surface area contributed by atoms with Crippen LogP contribution in [0, 0.1) is 0 Å². The number of ether oxygens (including phenoxy) is 2. The summed E-state index contributed by atoms with van der Waals surface area (Å²) < 4.78 is 10.6. The van der Waals surface area contributed by atoms with Gasteiger partial charge in [-0.2, -0.15) is 0 Å². The highest BCUT2D eigenvalue weighted by Gasteiger charge is 2.12. The molecule has 4 nitrogen and oxygen atoms in total. The molecule has 1 aromatic carbocycles. The third kappa shape index (κ3) is 3.56. The minimum absolute atomic E-state index is 0.0611. The summed E-state index contributed by atoms with van der Waals surface area (Å²) in [6.45, 7) is 2.06. The van der Waals surface area contributed by atoms with E-state index in [1.807, 2.05) is 0 Å². The van der Waals surface area contributed by atoms with E-state index in [9.17, 15) is 9.59 Å². The van der Waals surface area contributed by atoms with Gasteiger partial charge in [-0.15, -0.1) is 0 Å². The molecule has 92 valence electrons. The Hall–Kier alpha value is -1.36. The molecule has 0 fully saturated rings. The summed E-state index contributed by atoms with van der Waals surface area (Å²) in [7, 11) is 1.52. The summed E-state index contributed by atoms with van der Waals surface area (Å²) in [4.78, 5) is 22.3. The molecule has 0 aliphatic carbocycles. The van der Waals surface area contributed by atoms with Crippen LogP contribution in [0.3, 0.4) is 0 Å². The minimum Gasteiger partial charge on any atom is -0.496 e. The third-order valence-electron chi connectivity index (χ3n) is 2.18. The molecule has 0 radical (unpaired) electrons. The fraction of sp³-hybridized carbons (Fsp3) is 0.333. The average Bonchev–Trinajstić information content (AvgIpc) is 2.31. The summed E-state index contributed by atoms with van der Waals surface area (Å²) in [5, 5.41) is 0. The maximum absolute atomic E-state index is 11.4. The van der Waals surface area contributed by atoms with Crippen molar-refractivity contribution in [1.29, 1.82) is 0 Å². The summed E-state index contributed by atoms with van der Waals surface area (Å²) in [6, 6.07) is 3.28. The molecule has 0 saturated heterocycles. The second-order valence-corrected chi connectivity index (χ2v) is 4.14. The Labute approximate surface area is 108 Å². The van der Waals surface area contributed by atoms with E-state index in [4.69, 9.17) is 9.47 Å². The topological polar surface area (TPSA) is 52.6 Å². The zero-order chi connectivity index (χ0) is 12.8. The first-order chi connectivity index (χ1) is 8.12. The maximum Gasteiger partial charge on any atom is 0.310 e. The lowest BCUT2D eigenvalue weighted by Crippen LogP contribution is -2.09. The Kier molecular flexibility index (Phi) is 5.15. The van der Waals surface area contributed by atoms with Gasteiger partial charge < -0.3 is 9.47 Å². The molecule has 0 bridgehead atoms. The third-order valence-corrected chi connectivity index (χ3v) is 2.80. The van der Waals surface area contributed by atoms with Crippen LogP contribution in [0.25, 0.3) is 0 Å². The van der Waals surface area contributed by atoms with E-state index in [0.717, 1.165) is 0 Å². The second kappa shape index (κ2) is 6.39. The molecule has 1 rings (SSSR count). The number of aldehydes is 1. The molecule has 0 aliphatic rings. The first-order valence-corrected chi connectivity index (χ1v) is 5.88. The molecular weight excluding hydrogens is 288 g/mol. The van der Waals surface area contributed by atoms with Gasteiger partial charge >= 0.3 is 5.97 Å². The van der Waals surface area contributed by atoms with Crippen LogP contribution in [0.5, 0.6) is 5.75 Å². The molecule has 17 heavy (non-hydrogen) atoms. The molecule has 0 aliphatic heterocycles. The molecule has 1 aromatic rings. The molecule has 0 heterocycles. The standard InChI is InChI=1S/C12H13BrO4/c1-3-17-12(15)6-8-5-11(16-2)10(13)4-9(8)7-14/h4-5,7H,3,6H2,1-2H3. The lowest BCUT2D eigenvalue weighted by Gasteiger charge is -2.09. The lowest BCUT2D eigenvalue weighted by atomic mass is 10.1. The van der Waals surface area contributed by atoms with Crippen LogP contribution < -0.4 is 4.74 Å². The van der Waals surface area contributed by atoms with Crippen molar-refractivity contribution in [2.75, 3.05) is 13.7 Å². The first kappa shape index (κ1) is 13.7. The number of esters is 1. The van der Waals surface area contributed by atoms with Crippen molar-refractivity contribution in [3.63, 3.8) is 0 Å². The number of benzene rings is 1. The van der Waals surface area contributed by atoms with Gasteiger partial charge in [-0.3, -0.25) is 9.59 Å². The molecule has 0 aromatic heterocycles. The van der Waals surface area contributed by atoms with E-state index in [1.54, 1.807) is 19.1 Å². The van der Waals surface area contributed by atoms with E-state index < -0.39 is 0 Å². The average molecular weight is 301 g/mol. The van der Waals surface area contributed by atoms with Crippen molar-refractivity contribution < 1.29 is 19.1 Å². The van der Waals surface area contributed by atoms with Gasteiger partial charge in [0.2, 0.25) is 0 Å². The van der Waals surface area contributed by atoms with Gasteiger partial charge in [0, 0.05) is 5.56 Å². The Bertz CT molecular complexity index is 429. The maximum atomic E-state index is 11.4.